The molecule has 3 rings (SSSR count). The van der Waals surface area contributed by atoms with Gasteiger partial charge < -0.3 is 11.1 Å². The van der Waals surface area contributed by atoms with Gasteiger partial charge in [0.05, 0.1) is 0 Å². The normalized spacial score (nSPS) is 12.9. The number of fused-ring (bicyclic) bond motifs is 1. The second kappa shape index (κ2) is 16.4. The molecule has 1 unspecified atom stereocenters. The lowest BCUT2D eigenvalue weighted by molar-refractivity contribution is 0.699. The van der Waals surface area contributed by atoms with Crippen LogP contribution in [-0.2, 0) is 6.42 Å². The lowest BCUT2D eigenvalue weighted by Gasteiger charge is -2.15. The Morgan fingerprint density at radius 3 is 2.10 bits per heavy atom. The summed E-state index contributed by atoms with van der Waals surface area (Å²) >= 11 is 0. The summed E-state index contributed by atoms with van der Waals surface area (Å²) in [7, 11) is 1.95. The van der Waals surface area contributed by atoms with E-state index in [0.717, 1.165) is 12.1 Å². The van der Waals surface area contributed by atoms with Crippen LogP contribution in [0.5, 0.6) is 0 Å². The Morgan fingerprint density at radius 1 is 0.931 bits per heavy atom. The first-order valence-electron chi connectivity index (χ1n) is 10.8. The molecule has 0 aliphatic heterocycles. The zero-order chi connectivity index (χ0) is 22.1. The Labute approximate surface area is 179 Å². The zero-order valence-electron chi connectivity index (χ0n) is 19.4. The predicted molar refractivity (Wildman–Crippen MR) is 133 cm³/mol. The van der Waals surface area contributed by atoms with Crippen LogP contribution in [0.25, 0.3) is 12.2 Å². The van der Waals surface area contributed by atoms with Gasteiger partial charge in [-0.05, 0) is 55.7 Å². The van der Waals surface area contributed by atoms with Crippen molar-refractivity contribution in [2.45, 2.75) is 54.0 Å². The topological polar surface area (TPSA) is 38.0 Å². The van der Waals surface area contributed by atoms with Crippen molar-refractivity contribution in [3.63, 3.8) is 0 Å². The highest BCUT2D eigenvalue weighted by molar-refractivity contribution is 5.64. The van der Waals surface area contributed by atoms with Gasteiger partial charge in [0.25, 0.3) is 0 Å². The van der Waals surface area contributed by atoms with Crippen molar-refractivity contribution in [3.8, 4) is 0 Å². The van der Waals surface area contributed by atoms with Crippen molar-refractivity contribution in [2.75, 3.05) is 7.05 Å². The number of nitrogens with one attached hydrogen (secondary N) is 1. The van der Waals surface area contributed by atoms with E-state index < -0.39 is 0 Å². The van der Waals surface area contributed by atoms with Gasteiger partial charge in [0.1, 0.15) is 0 Å². The van der Waals surface area contributed by atoms with Crippen LogP contribution in [0.15, 0.2) is 78.0 Å². The highest BCUT2D eigenvalue weighted by atomic mass is 14.9. The summed E-state index contributed by atoms with van der Waals surface area (Å²) in [6, 6.07) is 19.0. The van der Waals surface area contributed by atoms with E-state index in [1.54, 1.807) is 0 Å². The van der Waals surface area contributed by atoms with Crippen molar-refractivity contribution in [1.29, 1.82) is 0 Å². The van der Waals surface area contributed by atoms with Crippen LogP contribution in [0.4, 0.5) is 0 Å². The SMILES string of the molecule is C/C=C/c1ccccc1.CC.CC.CNC(C)C1=Cc2ccccc2CC=C1N. The van der Waals surface area contributed by atoms with Crippen LogP contribution in [0.3, 0.4) is 0 Å². The van der Waals surface area contributed by atoms with Gasteiger partial charge in [-0.1, -0.05) is 101 Å². The molecule has 0 heterocycles. The number of nitrogens with two attached hydrogens (primary N) is 1. The molecule has 0 bridgehead atoms. The average Bonchev–Trinajstić information content (AvgIpc) is 2.96. The molecule has 2 nitrogen and oxygen atoms in total. The maximum Gasteiger partial charge on any atom is 0.0325 e. The number of allylic oxidation sites excluding steroid dienone is 2. The summed E-state index contributed by atoms with van der Waals surface area (Å²) in [5.41, 5.74) is 12.0. The number of rotatable bonds is 3. The number of hydrogen-bond acceptors (Lipinski definition) is 2. The first-order valence-corrected chi connectivity index (χ1v) is 10.8. The average molecular weight is 393 g/mol. The van der Waals surface area contributed by atoms with E-state index in [9.17, 15) is 0 Å². The highest BCUT2D eigenvalue weighted by Gasteiger charge is 2.13. The van der Waals surface area contributed by atoms with E-state index >= 15 is 0 Å². The molecule has 1 aliphatic rings. The van der Waals surface area contributed by atoms with Crippen LogP contribution in [0.1, 0.15) is 58.2 Å². The third-order valence-electron chi connectivity index (χ3n) is 4.30. The molecule has 158 valence electrons. The minimum Gasteiger partial charge on any atom is -0.399 e. The summed E-state index contributed by atoms with van der Waals surface area (Å²) in [6.07, 6.45) is 9.33. The molecule has 2 aromatic rings. The van der Waals surface area contributed by atoms with E-state index in [2.05, 4.69) is 66.9 Å². The molecule has 2 aromatic carbocycles. The Bertz CT molecular complexity index is 755. The van der Waals surface area contributed by atoms with Gasteiger partial charge in [-0.15, -0.1) is 0 Å². The van der Waals surface area contributed by atoms with Crippen molar-refractivity contribution < 1.29 is 0 Å². The van der Waals surface area contributed by atoms with E-state index in [-0.39, 0.29) is 6.04 Å². The highest BCUT2D eigenvalue weighted by Crippen LogP contribution is 2.22. The van der Waals surface area contributed by atoms with Gasteiger partial charge in [-0.3, -0.25) is 0 Å². The van der Waals surface area contributed by atoms with Crippen LogP contribution in [0.2, 0.25) is 0 Å². The molecule has 0 spiro atoms. The number of benzene rings is 2. The zero-order valence-corrected chi connectivity index (χ0v) is 19.4. The first kappa shape index (κ1) is 26.4. The molecule has 0 saturated heterocycles. The minimum absolute atomic E-state index is 0.280. The Hall–Kier alpha value is -2.58. The molecule has 2 heteroatoms. The molecule has 0 aromatic heterocycles. The molecule has 3 N–H and O–H groups in total. The van der Waals surface area contributed by atoms with Gasteiger partial charge in [-0.2, -0.15) is 0 Å². The number of hydrogen-bond donors (Lipinski definition) is 2. The van der Waals surface area contributed by atoms with E-state index in [4.69, 9.17) is 5.73 Å². The quantitative estimate of drug-likeness (QED) is 0.599. The largest absolute Gasteiger partial charge is 0.399 e. The Morgan fingerprint density at radius 2 is 1.52 bits per heavy atom. The predicted octanol–water partition coefficient (Wildman–Crippen LogP) is 6.85. The third kappa shape index (κ3) is 9.45. The fourth-order valence-corrected chi connectivity index (χ4v) is 2.74. The summed E-state index contributed by atoms with van der Waals surface area (Å²) < 4.78 is 0. The summed E-state index contributed by atoms with van der Waals surface area (Å²) in [4.78, 5) is 0. The molecule has 0 radical (unpaired) electrons. The summed E-state index contributed by atoms with van der Waals surface area (Å²) in [5.74, 6) is 0. The van der Waals surface area contributed by atoms with E-state index in [0.29, 0.717) is 0 Å². The Balaban J connectivity index is 0.000000513. The minimum atomic E-state index is 0.280. The van der Waals surface area contributed by atoms with Gasteiger partial charge in [-0.25, -0.2) is 0 Å². The fourth-order valence-electron chi connectivity index (χ4n) is 2.74. The van der Waals surface area contributed by atoms with Gasteiger partial charge in [0.2, 0.25) is 0 Å². The summed E-state index contributed by atoms with van der Waals surface area (Å²) in [6.45, 7) is 12.1. The molecule has 1 atom stereocenters. The van der Waals surface area contributed by atoms with Crippen molar-refractivity contribution in [3.05, 3.63) is 94.7 Å². The van der Waals surface area contributed by atoms with Crippen molar-refractivity contribution in [1.82, 2.24) is 5.32 Å². The molecule has 0 fully saturated rings. The van der Waals surface area contributed by atoms with E-state index in [1.165, 1.54) is 22.3 Å². The molecule has 1 aliphatic carbocycles. The standard InChI is InChI=1S/C14H18N2.C9H10.2C2H6/c1-10(16-2)13-9-12-6-4-3-5-11(12)7-8-14(13)15;1-2-6-9-7-4-3-5-8-9;2*1-2/h3-6,8-10,16H,7,15H2,1-2H3;2-8H,1H3;2*1-2H3/b;6-2+;;. The molecular formula is C27H40N2. The monoisotopic (exact) mass is 392 g/mol. The van der Waals surface area contributed by atoms with Crippen LogP contribution < -0.4 is 11.1 Å². The maximum atomic E-state index is 6.09. The second-order valence-electron chi connectivity index (χ2n) is 6.08. The third-order valence-corrected chi connectivity index (χ3v) is 4.30. The lowest BCUT2D eigenvalue weighted by Crippen LogP contribution is -2.26. The van der Waals surface area contributed by atoms with Gasteiger partial charge in [0.15, 0.2) is 0 Å². The smallest absolute Gasteiger partial charge is 0.0325 e. The maximum absolute atomic E-state index is 6.09. The van der Waals surface area contributed by atoms with Crippen LogP contribution in [-0.4, -0.2) is 13.1 Å². The van der Waals surface area contributed by atoms with E-state index in [1.807, 2.05) is 65.9 Å². The fraction of sp³-hybridized carbons (Fsp3) is 0.333. The molecule has 0 amide bonds. The van der Waals surface area contributed by atoms with Crippen LogP contribution >= 0.6 is 0 Å². The summed E-state index contributed by atoms with van der Waals surface area (Å²) in [5, 5.41) is 3.23. The van der Waals surface area contributed by atoms with Gasteiger partial charge in [0, 0.05) is 11.7 Å². The van der Waals surface area contributed by atoms with Crippen molar-refractivity contribution >= 4 is 12.2 Å². The first-order chi connectivity index (χ1) is 14.2. The van der Waals surface area contributed by atoms with Gasteiger partial charge >= 0.3 is 0 Å². The Kier molecular flexibility index (Phi) is 14.9. The molecular weight excluding hydrogens is 352 g/mol. The lowest BCUT2D eigenvalue weighted by atomic mass is 10.0. The molecule has 0 saturated carbocycles. The van der Waals surface area contributed by atoms with Crippen LogP contribution in [0, 0.1) is 0 Å². The second-order valence-corrected chi connectivity index (χ2v) is 6.08. The molecule has 29 heavy (non-hydrogen) atoms. The number of likely N-dealkylation sites (N-methyl/N-ethyl adjacent to an activating group) is 1. The van der Waals surface area contributed by atoms with Crippen molar-refractivity contribution in [2.24, 2.45) is 5.73 Å².